The van der Waals surface area contributed by atoms with Gasteiger partial charge in [-0.05, 0) is 11.8 Å². The van der Waals surface area contributed by atoms with Gasteiger partial charge in [0.25, 0.3) is 0 Å². The van der Waals surface area contributed by atoms with Crippen molar-refractivity contribution < 1.29 is 19.1 Å². The van der Waals surface area contributed by atoms with Crippen molar-refractivity contribution >= 4 is 29.5 Å². The minimum atomic E-state index is -0.290. The van der Waals surface area contributed by atoms with Gasteiger partial charge < -0.3 is 15.8 Å². The first-order chi connectivity index (χ1) is 13.0. The predicted molar refractivity (Wildman–Crippen MR) is 104 cm³/mol. The Bertz CT molecular complexity index is 574. The molecule has 0 bridgehead atoms. The Hall–Kier alpha value is -2.25. The number of carbonyl (C=O) groups excluding carboxylic acids is 3. The van der Waals surface area contributed by atoms with Crippen LogP contribution in [0.1, 0.15) is 19.3 Å². The molecule has 1 saturated heterocycles. The number of rotatable bonds is 11. The van der Waals surface area contributed by atoms with Crippen LogP contribution >= 0.6 is 11.8 Å². The lowest BCUT2D eigenvalue weighted by Gasteiger charge is -2.14. The number of hydrogen-bond acceptors (Lipinski definition) is 7. The fourth-order valence-electron chi connectivity index (χ4n) is 1.98. The van der Waals surface area contributed by atoms with E-state index < -0.39 is 0 Å². The number of nitrogens with one attached hydrogen (secondary N) is 1. The van der Waals surface area contributed by atoms with Crippen LogP contribution in [0.5, 0.6) is 0 Å². The van der Waals surface area contributed by atoms with E-state index in [2.05, 4.69) is 21.3 Å². The second kappa shape index (κ2) is 16.0. The molecule has 0 aromatic heterocycles. The first kappa shape index (κ1) is 24.8. The molecule has 1 aliphatic heterocycles. The number of nitrogens with zero attached hydrogens (tertiary/aromatic N) is 4. The van der Waals surface area contributed by atoms with Crippen LogP contribution in [0.4, 0.5) is 0 Å². The molecule has 0 radical (unpaired) electrons. The SMILES string of the molecule is C#CCCNC(=O)CCN1C(=O)CC(SC)C1=O.[N-]=[N+]=NCCOCCN. The molecule has 1 aliphatic rings. The number of thioether (sulfide) groups is 1. The molecule has 150 valence electrons. The highest BCUT2D eigenvalue weighted by molar-refractivity contribution is 8.00. The third kappa shape index (κ3) is 11.1. The van der Waals surface area contributed by atoms with E-state index in [9.17, 15) is 14.4 Å². The highest BCUT2D eigenvalue weighted by Crippen LogP contribution is 2.22. The first-order valence-electron chi connectivity index (χ1n) is 8.37. The fraction of sp³-hybridized carbons (Fsp3) is 0.688. The molecule has 0 saturated carbocycles. The minimum Gasteiger partial charge on any atom is -0.380 e. The number of amides is 3. The van der Waals surface area contributed by atoms with Crippen molar-refractivity contribution in [3.63, 3.8) is 0 Å². The molecule has 0 aromatic rings. The summed E-state index contributed by atoms with van der Waals surface area (Å²) in [6, 6.07) is 0. The standard InChI is InChI=1S/C12H16N2O3S.C4H10N4O/c1-3-4-6-13-10(15)5-7-14-11(16)8-9(18-2)12(14)17;5-1-3-9-4-2-7-8-6/h1,9H,4-8H2,2H3,(H,13,15);1-5H2. The van der Waals surface area contributed by atoms with E-state index >= 15 is 0 Å². The minimum absolute atomic E-state index is 0.128. The van der Waals surface area contributed by atoms with Gasteiger partial charge in [0, 0.05) is 50.4 Å². The third-order valence-electron chi connectivity index (χ3n) is 3.30. The van der Waals surface area contributed by atoms with Crippen LogP contribution in [0, 0.1) is 12.3 Å². The first-order valence-corrected chi connectivity index (χ1v) is 9.66. The van der Waals surface area contributed by atoms with Crippen molar-refractivity contribution in [1.29, 1.82) is 0 Å². The van der Waals surface area contributed by atoms with Gasteiger partial charge in [-0.3, -0.25) is 19.3 Å². The highest BCUT2D eigenvalue weighted by Gasteiger charge is 2.37. The van der Waals surface area contributed by atoms with Crippen LogP contribution < -0.4 is 11.1 Å². The van der Waals surface area contributed by atoms with Gasteiger partial charge in [-0.2, -0.15) is 11.8 Å². The highest BCUT2D eigenvalue weighted by atomic mass is 32.2. The number of nitrogens with two attached hydrogens (primary N) is 1. The summed E-state index contributed by atoms with van der Waals surface area (Å²) in [7, 11) is 0. The van der Waals surface area contributed by atoms with Gasteiger partial charge in [0.2, 0.25) is 17.7 Å². The molecule has 3 amide bonds. The normalized spacial score (nSPS) is 15.4. The maximum Gasteiger partial charge on any atom is 0.242 e. The van der Waals surface area contributed by atoms with E-state index in [1.54, 1.807) is 6.26 Å². The van der Waals surface area contributed by atoms with Crippen LogP contribution in [0.2, 0.25) is 0 Å². The second-order valence-electron chi connectivity index (χ2n) is 5.22. The second-order valence-corrected chi connectivity index (χ2v) is 6.26. The van der Waals surface area contributed by atoms with Gasteiger partial charge in [0.05, 0.1) is 18.5 Å². The maximum atomic E-state index is 11.7. The van der Waals surface area contributed by atoms with Crippen LogP contribution in [-0.2, 0) is 19.1 Å². The zero-order valence-electron chi connectivity index (χ0n) is 15.4. The number of imide groups is 1. The Morgan fingerprint density at radius 3 is 2.85 bits per heavy atom. The van der Waals surface area contributed by atoms with Crippen LogP contribution in [0.15, 0.2) is 5.11 Å². The summed E-state index contributed by atoms with van der Waals surface area (Å²) >= 11 is 1.36. The van der Waals surface area contributed by atoms with Crippen molar-refractivity contribution in [3.8, 4) is 12.3 Å². The molecule has 0 aliphatic carbocycles. The van der Waals surface area contributed by atoms with E-state index in [0.29, 0.717) is 39.3 Å². The quantitative estimate of drug-likeness (QED) is 0.127. The molecule has 0 spiro atoms. The predicted octanol–water partition coefficient (Wildman–Crippen LogP) is 0.279. The van der Waals surface area contributed by atoms with E-state index in [0.717, 1.165) is 0 Å². The smallest absolute Gasteiger partial charge is 0.242 e. The molecular formula is C16H26N6O4S. The summed E-state index contributed by atoms with van der Waals surface area (Å²) in [5.74, 6) is 1.83. The molecule has 11 heteroatoms. The Morgan fingerprint density at radius 1 is 1.56 bits per heavy atom. The number of ether oxygens (including phenoxy) is 1. The van der Waals surface area contributed by atoms with Gasteiger partial charge in [-0.25, -0.2) is 0 Å². The summed E-state index contributed by atoms with van der Waals surface area (Å²) in [6.07, 6.45) is 7.69. The van der Waals surface area contributed by atoms with Gasteiger partial charge in [0.1, 0.15) is 0 Å². The van der Waals surface area contributed by atoms with Crippen LogP contribution in [-0.4, -0.2) is 73.5 Å². The van der Waals surface area contributed by atoms with Crippen molar-refractivity contribution in [2.45, 2.75) is 24.5 Å². The zero-order valence-corrected chi connectivity index (χ0v) is 16.2. The molecule has 0 aromatic carbocycles. The molecule has 1 unspecified atom stereocenters. The lowest BCUT2D eigenvalue weighted by molar-refractivity contribution is -0.138. The third-order valence-corrected chi connectivity index (χ3v) is 4.24. The molecule has 27 heavy (non-hydrogen) atoms. The van der Waals surface area contributed by atoms with Crippen molar-refractivity contribution in [2.75, 3.05) is 45.6 Å². The van der Waals surface area contributed by atoms with Gasteiger partial charge >= 0.3 is 0 Å². The van der Waals surface area contributed by atoms with Crippen LogP contribution in [0.25, 0.3) is 10.4 Å². The van der Waals surface area contributed by atoms with Gasteiger partial charge in [0.15, 0.2) is 0 Å². The number of terminal acetylenes is 1. The average molecular weight is 398 g/mol. The van der Waals surface area contributed by atoms with Crippen molar-refractivity contribution in [1.82, 2.24) is 10.2 Å². The Labute approximate surface area is 163 Å². The molecule has 1 fully saturated rings. The topological polar surface area (TPSA) is 150 Å². The number of likely N-dealkylation sites (tertiary alicyclic amines) is 1. The molecule has 1 rings (SSSR count). The fourth-order valence-corrected chi connectivity index (χ4v) is 2.62. The van der Waals surface area contributed by atoms with E-state index in [-0.39, 0.29) is 42.4 Å². The molecular weight excluding hydrogens is 372 g/mol. The summed E-state index contributed by atoms with van der Waals surface area (Å²) < 4.78 is 4.89. The molecule has 3 N–H and O–H groups in total. The Balaban J connectivity index is 0.000000636. The van der Waals surface area contributed by atoms with E-state index in [1.165, 1.54) is 16.7 Å². The van der Waals surface area contributed by atoms with Crippen molar-refractivity contribution in [3.05, 3.63) is 10.4 Å². The van der Waals surface area contributed by atoms with Gasteiger partial charge in [-0.15, -0.1) is 12.3 Å². The summed E-state index contributed by atoms with van der Waals surface area (Å²) in [5.41, 5.74) is 12.9. The van der Waals surface area contributed by atoms with E-state index in [1.807, 2.05) is 0 Å². The largest absolute Gasteiger partial charge is 0.380 e. The summed E-state index contributed by atoms with van der Waals surface area (Å²) in [5, 5.41) is 5.60. The molecule has 1 atom stereocenters. The summed E-state index contributed by atoms with van der Waals surface area (Å²) in [6.45, 7) is 2.45. The maximum absolute atomic E-state index is 11.7. The molecule has 10 nitrogen and oxygen atoms in total. The number of hydrogen-bond donors (Lipinski definition) is 2. The average Bonchev–Trinajstić information content (AvgIpc) is 2.94. The van der Waals surface area contributed by atoms with Crippen LogP contribution in [0.3, 0.4) is 0 Å². The zero-order chi connectivity index (χ0) is 20.5. The lowest BCUT2D eigenvalue weighted by atomic mass is 10.3. The Morgan fingerprint density at radius 2 is 2.30 bits per heavy atom. The van der Waals surface area contributed by atoms with E-state index in [4.69, 9.17) is 22.4 Å². The van der Waals surface area contributed by atoms with Crippen molar-refractivity contribution in [2.24, 2.45) is 10.8 Å². The summed E-state index contributed by atoms with van der Waals surface area (Å²) in [4.78, 5) is 38.4. The molecule has 1 heterocycles. The monoisotopic (exact) mass is 398 g/mol. The van der Waals surface area contributed by atoms with Gasteiger partial charge in [-0.1, -0.05) is 5.11 Å². The number of carbonyl (C=O) groups is 3. The number of azide groups is 1. The lowest BCUT2D eigenvalue weighted by Crippen LogP contribution is -2.35. The Kier molecular flexibility index (Phi) is 14.6.